The van der Waals surface area contributed by atoms with Gasteiger partial charge in [0.25, 0.3) is 0 Å². The summed E-state index contributed by atoms with van der Waals surface area (Å²) < 4.78 is 7.70. The zero-order valence-electron chi connectivity index (χ0n) is 17.4. The maximum absolute atomic E-state index is 13.2. The van der Waals surface area contributed by atoms with Gasteiger partial charge in [-0.1, -0.05) is 0 Å². The molecule has 4 aliphatic rings. The van der Waals surface area contributed by atoms with Gasteiger partial charge >= 0.3 is 0 Å². The molecule has 4 bridgehead atoms. The number of hydrogen-bond donors (Lipinski definition) is 1. The van der Waals surface area contributed by atoms with E-state index in [1.807, 2.05) is 59.4 Å². The second-order valence-electron chi connectivity index (χ2n) is 9.60. The Morgan fingerprint density at radius 1 is 0.903 bits per heavy atom. The fraction of sp³-hybridized carbons (Fsp3) is 0.400. The van der Waals surface area contributed by atoms with Crippen molar-refractivity contribution in [2.75, 3.05) is 5.32 Å². The van der Waals surface area contributed by atoms with Gasteiger partial charge in [0, 0.05) is 24.1 Å². The number of amides is 1. The summed E-state index contributed by atoms with van der Waals surface area (Å²) in [4.78, 5) is 13.2. The van der Waals surface area contributed by atoms with Crippen molar-refractivity contribution in [1.29, 1.82) is 0 Å². The number of aromatic nitrogens is 3. The van der Waals surface area contributed by atoms with E-state index in [9.17, 15) is 4.79 Å². The van der Waals surface area contributed by atoms with E-state index in [4.69, 9.17) is 4.74 Å². The van der Waals surface area contributed by atoms with Gasteiger partial charge in [0.1, 0.15) is 5.75 Å². The average molecular weight is 415 g/mol. The predicted molar refractivity (Wildman–Crippen MR) is 117 cm³/mol. The smallest absolute Gasteiger partial charge is 0.238 e. The molecular weight excluding hydrogens is 388 g/mol. The molecule has 0 unspecified atom stereocenters. The number of nitrogens with one attached hydrogen (secondary N) is 1. The normalized spacial score (nSPS) is 28.5. The lowest BCUT2D eigenvalue weighted by atomic mass is 9.49. The average Bonchev–Trinajstić information content (AvgIpc) is 3.30. The Morgan fingerprint density at radius 3 is 2.13 bits per heavy atom. The standard InChI is InChI=1S/C25H26N4O2/c30-24(25-14-17-11-18(15-25)13-19(12-17)16-25)26-20-3-5-21(6-4-20)31-23-8-7-22(27-28-23)29-9-1-2-10-29/h1-10,17-19H,11-16H2,(H,26,30). The van der Waals surface area contributed by atoms with Crippen LogP contribution in [-0.2, 0) is 4.79 Å². The van der Waals surface area contributed by atoms with Crippen LogP contribution in [0, 0.1) is 23.2 Å². The molecule has 1 amide bonds. The summed E-state index contributed by atoms with van der Waals surface area (Å²) in [5, 5.41) is 11.5. The maximum atomic E-state index is 13.2. The van der Waals surface area contributed by atoms with Crippen LogP contribution in [-0.4, -0.2) is 20.7 Å². The number of hydrogen-bond acceptors (Lipinski definition) is 4. The van der Waals surface area contributed by atoms with Gasteiger partial charge < -0.3 is 14.6 Å². The highest BCUT2D eigenvalue weighted by atomic mass is 16.5. The van der Waals surface area contributed by atoms with Gasteiger partial charge in [0.05, 0.1) is 5.41 Å². The molecule has 31 heavy (non-hydrogen) atoms. The highest BCUT2D eigenvalue weighted by Gasteiger charge is 2.54. The molecule has 3 aromatic rings. The van der Waals surface area contributed by atoms with Gasteiger partial charge in [0.15, 0.2) is 5.82 Å². The number of benzene rings is 1. The van der Waals surface area contributed by atoms with Gasteiger partial charge in [0.2, 0.25) is 11.8 Å². The molecule has 0 spiro atoms. The lowest BCUT2D eigenvalue weighted by molar-refractivity contribution is -0.140. The van der Waals surface area contributed by atoms with Crippen LogP contribution < -0.4 is 10.1 Å². The summed E-state index contributed by atoms with van der Waals surface area (Å²) in [6, 6.07) is 15.1. The number of ether oxygens (including phenoxy) is 1. The first kappa shape index (κ1) is 18.6. The minimum atomic E-state index is -0.138. The van der Waals surface area contributed by atoms with E-state index in [0.29, 0.717) is 11.6 Å². The van der Waals surface area contributed by atoms with E-state index >= 15 is 0 Å². The van der Waals surface area contributed by atoms with Crippen molar-refractivity contribution >= 4 is 11.6 Å². The summed E-state index contributed by atoms with van der Waals surface area (Å²) in [7, 11) is 0. The first-order valence-corrected chi connectivity index (χ1v) is 11.2. The molecule has 4 fully saturated rings. The van der Waals surface area contributed by atoms with Crippen molar-refractivity contribution in [2.45, 2.75) is 38.5 Å². The van der Waals surface area contributed by atoms with Gasteiger partial charge in [-0.2, -0.15) is 0 Å². The summed E-state index contributed by atoms with van der Waals surface area (Å²) in [6.07, 6.45) is 11.1. The molecule has 4 aliphatic carbocycles. The fourth-order valence-electron chi connectivity index (χ4n) is 6.37. The Balaban J connectivity index is 1.11. The largest absolute Gasteiger partial charge is 0.438 e. The highest BCUT2D eigenvalue weighted by Crippen LogP contribution is 2.60. The second kappa shape index (κ2) is 7.22. The summed E-state index contributed by atoms with van der Waals surface area (Å²) in [6.45, 7) is 0. The van der Waals surface area contributed by atoms with Crippen LogP contribution in [0.5, 0.6) is 11.6 Å². The van der Waals surface area contributed by atoms with Crippen LogP contribution in [0.4, 0.5) is 5.69 Å². The molecule has 0 aliphatic heterocycles. The fourth-order valence-corrected chi connectivity index (χ4v) is 6.37. The van der Waals surface area contributed by atoms with Gasteiger partial charge in [-0.25, -0.2) is 0 Å². The topological polar surface area (TPSA) is 69.0 Å². The number of nitrogens with zero attached hydrogens (tertiary/aromatic N) is 3. The predicted octanol–water partition coefficient (Wildman–Crippen LogP) is 5.21. The van der Waals surface area contributed by atoms with E-state index in [1.54, 1.807) is 6.07 Å². The van der Waals surface area contributed by atoms with Gasteiger partial charge in [-0.15, -0.1) is 10.2 Å². The number of anilines is 1. The molecule has 6 heteroatoms. The monoisotopic (exact) mass is 414 g/mol. The Bertz CT molecular complexity index is 1040. The SMILES string of the molecule is O=C(Nc1ccc(Oc2ccc(-n3cccc3)nn2)cc1)C12CC3CC(CC(C3)C1)C2. The van der Waals surface area contributed by atoms with E-state index in [1.165, 1.54) is 19.3 Å². The molecule has 2 aromatic heterocycles. The molecule has 7 rings (SSSR count). The Labute approximate surface area is 181 Å². The second-order valence-corrected chi connectivity index (χ2v) is 9.60. The minimum Gasteiger partial charge on any atom is -0.438 e. The molecule has 2 heterocycles. The third-order valence-corrected chi connectivity index (χ3v) is 7.35. The van der Waals surface area contributed by atoms with Crippen molar-refractivity contribution < 1.29 is 9.53 Å². The van der Waals surface area contributed by atoms with Crippen molar-refractivity contribution in [3.8, 4) is 17.4 Å². The van der Waals surface area contributed by atoms with Gasteiger partial charge in [-0.05, 0) is 98.7 Å². The third-order valence-electron chi connectivity index (χ3n) is 7.35. The van der Waals surface area contributed by atoms with E-state index in [0.717, 1.165) is 48.5 Å². The van der Waals surface area contributed by atoms with E-state index in [-0.39, 0.29) is 11.3 Å². The maximum Gasteiger partial charge on any atom is 0.238 e. The van der Waals surface area contributed by atoms with Crippen molar-refractivity contribution in [2.24, 2.45) is 23.2 Å². The van der Waals surface area contributed by atoms with Gasteiger partial charge in [-0.3, -0.25) is 4.79 Å². The summed E-state index contributed by atoms with van der Waals surface area (Å²) >= 11 is 0. The zero-order valence-corrected chi connectivity index (χ0v) is 17.4. The molecule has 1 aromatic carbocycles. The quantitative estimate of drug-likeness (QED) is 0.622. The molecule has 6 nitrogen and oxygen atoms in total. The number of carbonyl (C=O) groups is 1. The van der Waals surface area contributed by atoms with Crippen molar-refractivity contribution in [3.05, 3.63) is 60.9 Å². The molecule has 1 N–H and O–H groups in total. The molecule has 0 radical (unpaired) electrons. The van der Waals surface area contributed by atoms with Crippen LogP contribution in [0.1, 0.15) is 38.5 Å². The minimum absolute atomic E-state index is 0.138. The third kappa shape index (κ3) is 3.50. The van der Waals surface area contributed by atoms with Crippen molar-refractivity contribution in [3.63, 3.8) is 0 Å². The highest BCUT2D eigenvalue weighted by molar-refractivity contribution is 5.95. The number of rotatable bonds is 5. The van der Waals surface area contributed by atoms with Crippen LogP contribution in [0.25, 0.3) is 5.82 Å². The van der Waals surface area contributed by atoms with Crippen LogP contribution in [0.15, 0.2) is 60.9 Å². The first-order valence-electron chi connectivity index (χ1n) is 11.2. The zero-order chi connectivity index (χ0) is 20.8. The van der Waals surface area contributed by atoms with E-state index in [2.05, 4.69) is 15.5 Å². The number of carbonyl (C=O) groups excluding carboxylic acids is 1. The van der Waals surface area contributed by atoms with E-state index < -0.39 is 0 Å². The first-order chi connectivity index (χ1) is 15.1. The van der Waals surface area contributed by atoms with Crippen LogP contribution in [0.3, 0.4) is 0 Å². The Kier molecular flexibility index (Phi) is 4.33. The Morgan fingerprint density at radius 2 is 1.55 bits per heavy atom. The molecule has 0 atom stereocenters. The summed E-state index contributed by atoms with van der Waals surface area (Å²) in [5.41, 5.74) is 0.684. The molecule has 158 valence electrons. The molecule has 4 saturated carbocycles. The molecular formula is C25H26N4O2. The van der Waals surface area contributed by atoms with Crippen LogP contribution >= 0.6 is 0 Å². The Hall–Kier alpha value is -3.15. The lowest BCUT2D eigenvalue weighted by Gasteiger charge is -2.55. The summed E-state index contributed by atoms with van der Waals surface area (Å²) in [5.74, 6) is 4.33. The van der Waals surface area contributed by atoms with Crippen LogP contribution in [0.2, 0.25) is 0 Å². The van der Waals surface area contributed by atoms with Crippen molar-refractivity contribution in [1.82, 2.24) is 14.8 Å². The lowest BCUT2D eigenvalue weighted by Crippen LogP contribution is -2.51. The molecule has 0 saturated heterocycles.